The number of hydrogen-bond acceptors (Lipinski definition) is 5. The molecule has 37 heavy (non-hydrogen) atoms. The molecular weight excluding hydrogens is 470 g/mol. The van der Waals surface area contributed by atoms with E-state index in [0.717, 1.165) is 24.0 Å². The van der Waals surface area contributed by atoms with E-state index in [-0.39, 0.29) is 6.42 Å². The maximum absolute atomic E-state index is 13.5. The highest BCUT2D eigenvalue weighted by Crippen LogP contribution is 2.20. The fourth-order valence-electron chi connectivity index (χ4n) is 3.78. The molecule has 0 saturated heterocycles. The summed E-state index contributed by atoms with van der Waals surface area (Å²) in [5, 5.41) is 8.27. The molecule has 2 rings (SSSR count). The Morgan fingerprint density at radius 1 is 0.919 bits per heavy atom. The van der Waals surface area contributed by atoms with Gasteiger partial charge in [-0.1, -0.05) is 74.9 Å². The first-order valence-electron chi connectivity index (χ1n) is 12.7. The van der Waals surface area contributed by atoms with Crippen LogP contribution in [-0.4, -0.2) is 47.9 Å². The lowest BCUT2D eigenvalue weighted by Crippen LogP contribution is -2.57. The van der Waals surface area contributed by atoms with E-state index in [9.17, 15) is 19.2 Å². The van der Waals surface area contributed by atoms with Crippen LogP contribution in [0.15, 0.2) is 54.1 Å². The molecule has 1 aliphatic rings. The Labute approximate surface area is 220 Å². The lowest BCUT2D eigenvalue weighted by molar-refractivity contribution is -0.131. The molecule has 1 aliphatic carbocycles. The largest absolute Gasteiger partial charge is 0.444 e. The summed E-state index contributed by atoms with van der Waals surface area (Å²) in [6.07, 6.45) is 8.03. The maximum atomic E-state index is 13.5. The second-order valence-electron chi connectivity index (χ2n) is 11.4. The van der Waals surface area contributed by atoms with Gasteiger partial charge in [0.25, 0.3) is 0 Å². The van der Waals surface area contributed by atoms with Gasteiger partial charge in [0.15, 0.2) is 0 Å². The average Bonchev–Trinajstić information content (AvgIpc) is 2.80. The fraction of sp³-hybridized carbons (Fsp3) is 0.517. The molecule has 202 valence electrons. The van der Waals surface area contributed by atoms with Crippen molar-refractivity contribution in [2.75, 3.05) is 0 Å². The van der Waals surface area contributed by atoms with E-state index < -0.39 is 47.0 Å². The van der Waals surface area contributed by atoms with Crippen molar-refractivity contribution >= 4 is 24.2 Å². The third kappa shape index (κ3) is 10.6. The fourth-order valence-corrected chi connectivity index (χ4v) is 3.78. The van der Waals surface area contributed by atoms with E-state index in [2.05, 4.69) is 16.0 Å². The smallest absolute Gasteiger partial charge is 0.408 e. The highest BCUT2D eigenvalue weighted by atomic mass is 16.6. The van der Waals surface area contributed by atoms with E-state index in [0.29, 0.717) is 12.7 Å². The van der Waals surface area contributed by atoms with Crippen LogP contribution in [0.1, 0.15) is 66.4 Å². The van der Waals surface area contributed by atoms with Crippen molar-refractivity contribution in [1.29, 1.82) is 0 Å². The van der Waals surface area contributed by atoms with Crippen molar-refractivity contribution in [3.8, 4) is 0 Å². The Morgan fingerprint density at radius 3 is 2.08 bits per heavy atom. The number of ether oxygens (including phenoxy) is 1. The predicted molar refractivity (Wildman–Crippen MR) is 144 cm³/mol. The normalized spacial score (nSPS) is 16.0. The van der Waals surface area contributed by atoms with Gasteiger partial charge in [0.1, 0.15) is 24.0 Å². The van der Waals surface area contributed by atoms with Crippen LogP contribution in [0.4, 0.5) is 4.79 Å². The maximum Gasteiger partial charge on any atom is 0.408 e. The summed E-state index contributed by atoms with van der Waals surface area (Å²) in [5.74, 6) is -0.966. The zero-order valence-corrected chi connectivity index (χ0v) is 22.8. The van der Waals surface area contributed by atoms with Crippen molar-refractivity contribution in [1.82, 2.24) is 16.0 Å². The summed E-state index contributed by atoms with van der Waals surface area (Å²) in [6.45, 7) is 10.8. The SMILES string of the molecule is CC(C)(C)OC(=O)NC(Cc1ccccc1)C(=O)N[C@H](CC1=CC=CCC1)C(=O)NC(C=O)C(C)(C)C. The van der Waals surface area contributed by atoms with Gasteiger partial charge in [0.2, 0.25) is 11.8 Å². The van der Waals surface area contributed by atoms with Gasteiger partial charge in [0, 0.05) is 6.42 Å². The van der Waals surface area contributed by atoms with Crippen molar-refractivity contribution < 1.29 is 23.9 Å². The number of benzene rings is 1. The number of rotatable bonds is 10. The predicted octanol–water partition coefficient (Wildman–Crippen LogP) is 4.00. The first-order chi connectivity index (χ1) is 17.3. The van der Waals surface area contributed by atoms with Crippen LogP contribution >= 0.6 is 0 Å². The number of hydrogen-bond donors (Lipinski definition) is 3. The molecule has 0 heterocycles. The number of nitrogens with one attached hydrogen (secondary N) is 3. The number of carbonyl (C=O) groups is 4. The summed E-state index contributed by atoms with van der Waals surface area (Å²) in [4.78, 5) is 51.0. The third-order valence-electron chi connectivity index (χ3n) is 5.86. The van der Waals surface area contributed by atoms with Crippen LogP contribution in [0.5, 0.6) is 0 Å². The molecule has 2 unspecified atom stereocenters. The molecule has 0 bridgehead atoms. The minimum atomic E-state index is -0.975. The lowest BCUT2D eigenvalue weighted by Gasteiger charge is -2.30. The second-order valence-corrected chi connectivity index (χ2v) is 11.4. The summed E-state index contributed by atoms with van der Waals surface area (Å²) in [7, 11) is 0. The molecule has 0 fully saturated rings. The molecule has 8 nitrogen and oxygen atoms in total. The van der Waals surface area contributed by atoms with Crippen LogP contribution in [0.25, 0.3) is 0 Å². The van der Waals surface area contributed by atoms with Crippen molar-refractivity contribution in [2.45, 2.75) is 91.0 Å². The van der Waals surface area contributed by atoms with Gasteiger partial charge < -0.3 is 25.5 Å². The number of allylic oxidation sites excluding steroid dienone is 3. The Morgan fingerprint density at radius 2 is 1.54 bits per heavy atom. The van der Waals surface area contributed by atoms with Gasteiger partial charge in [-0.05, 0) is 51.0 Å². The number of alkyl carbamates (subject to hydrolysis) is 1. The molecule has 3 atom stereocenters. The molecule has 3 N–H and O–H groups in total. The summed E-state index contributed by atoms with van der Waals surface area (Å²) < 4.78 is 5.37. The molecule has 0 spiro atoms. The lowest BCUT2D eigenvalue weighted by atomic mass is 9.87. The summed E-state index contributed by atoms with van der Waals surface area (Å²) >= 11 is 0. The van der Waals surface area contributed by atoms with E-state index in [1.54, 1.807) is 20.8 Å². The van der Waals surface area contributed by atoms with E-state index in [1.165, 1.54) is 0 Å². The Balaban J connectivity index is 2.27. The molecule has 0 radical (unpaired) electrons. The molecular formula is C29H41N3O5. The number of aldehydes is 1. The molecule has 8 heteroatoms. The topological polar surface area (TPSA) is 114 Å². The molecule has 0 aliphatic heterocycles. The monoisotopic (exact) mass is 511 g/mol. The third-order valence-corrected chi connectivity index (χ3v) is 5.86. The molecule has 1 aromatic carbocycles. The van der Waals surface area contributed by atoms with Gasteiger partial charge in [-0.25, -0.2) is 4.79 Å². The highest BCUT2D eigenvalue weighted by molar-refractivity contribution is 5.92. The van der Waals surface area contributed by atoms with E-state index in [4.69, 9.17) is 4.74 Å². The average molecular weight is 512 g/mol. The first kappa shape index (κ1) is 29.8. The van der Waals surface area contributed by atoms with Gasteiger partial charge >= 0.3 is 6.09 Å². The van der Waals surface area contributed by atoms with Crippen LogP contribution in [0, 0.1) is 5.41 Å². The Bertz CT molecular complexity index is 1000. The summed E-state index contributed by atoms with van der Waals surface area (Å²) in [6, 6.07) is 6.67. The van der Waals surface area contributed by atoms with Gasteiger partial charge in [-0.2, -0.15) is 0 Å². The Hall–Kier alpha value is -3.42. The molecule has 3 amide bonds. The van der Waals surface area contributed by atoms with E-state index in [1.807, 2.05) is 69.3 Å². The molecule has 1 aromatic rings. The van der Waals surface area contributed by atoms with Gasteiger partial charge in [-0.3, -0.25) is 9.59 Å². The quantitative estimate of drug-likeness (QED) is 0.411. The minimum Gasteiger partial charge on any atom is -0.444 e. The number of carbonyl (C=O) groups excluding carboxylic acids is 4. The van der Waals surface area contributed by atoms with Crippen molar-refractivity contribution in [3.63, 3.8) is 0 Å². The van der Waals surface area contributed by atoms with Crippen LogP contribution < -0.4 is 16.0 Å². The van der Waals surface area contributed by atoms with Crippen LogP contribution in [0.3, 0.4) is 0 Å². The van der Waals surface area contributed by atoms with Crippen molar-refractivity contribution in [3.05, 3.63) is 59.7 Å². The number of amides is 3. The van der Waals surface area contributed by atoms with Crippen LogP contribution in [0.2, 0.25) is 0 Å². The summed E-state index contributed by atoms with van der Waals surface area (Å²) in [5.41, 5.74) is 0.625. The zero-order valence-electron chi connectivity index (χ0n) is 22.8. The minimum absolute atomic E-state index is 0.213. The van der Waals surface area contributed by atoms with Gasteiger partial charge in [0.05, 0.1) is 6.04 Å². The standard InChI is InChI=1S/C29H41N3O5/c1-28(2,3)24(19-33)32-26(35)22(17-20-13-9-7-10-14-20)30-25(34)23(18-21-15-11-8-12-16-21)31-27(36)37-29(4,5)6/h7-9,11-13,15-16,19,22-24H,10,14,17-18H2,1-6H3,(H,30,34)(H,31,36)(H,32,35)/t22-,23?,24?/m1/s1. The zero-order chi connectivity index (χ0) is 27.6. The second kappa shape index (κ2) is 13.2. The van der Waals surface area contributed by atoms with Gasteiger partial charge in [-0.15, -0.1) is 0 Å². The first-order valence-corrected chi connectivity index (χ1v) is 12.7. The molecule has 0 aromatic heterocycles. The highest BCUT2D eigenvalue weighted by Gasteiger charge is 2.32. The Kier molecular flexibility index (Phi) is 10.6. The molecule has 0 saturated carbocycles. The van der Waals surface area contributed by atoms with Crippen molar-refractivity contribution in [2.24, 2.45) is 5.41 Å². The van der Waals surface area contributed by atoms with E-state index >= 15 is 0 Å². The van der Waals surface area contributed by atoms with Crippen LogP contribution in [-0.2, 0) is 25.5 Å².